The lowest BCUT2D eigenvalue weighted by atomic mass is 9.75. The number of nitrogens with zero attached hydrogens (tertiary/aromatic N) is 2. The van der Waals surface area contributed by atoms with Crippen LogP contribution in [0.1, 0.15) is 55.7 Å². The van der Waals surface area contributed by atoms with E-state index >= 15 is 0 Å². The number of Topliss-reactive ketones (excluding diaryl/α,β-unsaturated/α-hetero) is 1. The Bertz CT molecular complexity index is 570. The minimum atomic E-state index is -0.0367. The van der Waals surface area contributed by atoms with Crippen molar-refractivity contribution in [1.29, 1.82) is 5.26 Å². The highest BCUT2D eigenvalue weighted by atomic mass is 32.2. The second kappa shape index (κ2) is 4.97. The molecule has 0 aliphatic heterocycles. The normalized spacial score (nSPS) is 17.2. The molecule has 2 rings (SSSR count). The molecule has 1 aromatic heterocycles. The van der Waals surface area contributed by atoms with Crippen LogP contribution in [0.3, 0.4) is 0 Å². The molecule has 0 aromatic carbocycles. The van der Waals surface area contributed by atoms with E-state index in [1.807, 2.05) is 0 Å². The smallest absolute Gasteiger partial charge is 0.165 e. The molecule has 0 spiro atoms. The Morgan fingerprint density at radius 1 is 1.42 bits per heavy atom. The van der Waals surface area contributed by atoms with Crippen LogP contribution in [0.25, 0.3) is 0 Å². The summed E-state index contributed by atoms with van der Waals surface area (Å²) in [6.45, 7) is 8.32. The average molecular weight is 274 g/mol. The van der Waals surface area contributed by atoms with Gasteiger partial charge < -0.3 is 0 Å². The van der Waals surface area contributed by atoms with Gasteiger partial charge in [0.25, 0.3) is 0 Å². The van der Waals surface area contributed by atoms with Crippen molar-refractivity contribution in [3.63, 3.8) is 0 Å². The Balaban J connectivity index is 2.52. The number of ketones is 1. The number of carbonyl (C=O) groups is 1. The van der Waals surface area contributed by atoms with E-state index in [9.17, 15) is 10.1 Å². The van der Waals surface area contributed by atoms with Crippen molar-refractivity contribution < 1.29 is 4.79 Å². The zero-order chi connectivity index (χ0) is 14.2. The Kier molecular flexibility index (Phi) is 3.69. The second-order valence-electron chi connectivity index (χ2n) is 6.05. The predicted octanol–water partition coefficient (Wildman–Crippen LogP) is 3.61. The predicted molar refractivity (Wildman–Crippen MR) is 76.4 cm³/mol. The number of hydrogen-bond donors (Lipinski definition) is 0. The third-order valence-electron chi connectivity index (χ3n) is 3.12. The van der Waals surface area contributed by atoms with Gasteiger partial charge in [-0.15, -0.1) is 11.8 Å². The van der Waals surface area contributed by atoms with Crippen LogP contribution in [0.15, 0.2) is 11.1 Å². The van der Waals surface area contributed by atoms with Gasteiger partial charge in [-0.25, -0.2) is 4.98 Å². The van der Waals surface area contributed by atoms with Crippen LogP contribution < -0.4 is 0 Å². The summed E-state index contributed by atoms with van der Waals surface area (Å²) >= 11 is 1.58. The zero-order valence-corrected chi connectivity index (χ0v) is 12.6. The van der Waals surface area contributed by atoms with Gasteiger partial charge in [0.05, 0.1) is 11.3 Å². The molecule has 1 heterocycles. The molecule has 0 N–H and O–H groups in total. The van der Waals surface area contributed by atoms with Crippen molar-refractivity contribution in [3.8, 4) is 6.07 Å². The van der Waals surface area contributed by atoms with Crippen molar-refractivity contribution >= 4 is 17.5 Å². The molecule has 0 amide bonds. The van der Waals surface area contributed by atoms with Crippen molar-refractivity contribution in [1.82, 2.24) is 4.98 Å². The summed E-state index contributed by atoms with van der Waals surface area (Å²) in [5.41, 5.74) is 1.98. The molecule has 100 valence electrons. The molecule has 1 aromatic rings. The van der Waals surface area contributed by atoms with Crippen LogP contribution in [0.2, 0.25) is 0 Å². The molecule has 1 aliphatic rings. The summed E-state index contributed by atoms with van der Waals surface area (Å²) in [4.78, 5) is 16.7. The number of carbonyl (C=O) groups excluding carboxylic acids is 1. The fraction of sp³-hybridized carbons (Fsp3) is 0.533. The lowest BCUT2D eigenvalue weighted by molar-refractivity contribution is 0.0910. The van der Waals surface area contributed by atoms with Gasteiger partial charge in [0.1, 0.15) is 11.1 Å². The largest absolute Gasteiger partial charge is 0.294 e. The summed E-state index contributed by atoms with van der Waals surface area (Å²) < 4.78 is 0. The van der Waals surface area contributed by atoms with Crippen LogP contribution in [0.5, 0.6) is 0 Å². The third kappa shape index (κ3) is 2.98. The average Bonchev–Trinajstić information content (AvgIpc) is 2.25. The summed E-state index contributed by atoms with van der Waals surface area (Å²) in [6, 6.07) is 3.88. The van der Waals surface area contributed by atoms with Crippen LogP contribution >= 0.6 is 11.8 Å². The van der Waals surface area contributed by atoms with E-state index in [0.29, 0.717) is 22.8 Å². The number of thioether (sulfide) groups is 1. The van der Waals surface area contributed by atoms with Crippen molar-refractivity contribution in [3.05, 3.63) is 22.9 Å². The molecule has 19 heavy (non-hydrogen) atoms. The quantitative estimate of drug-likeness (QED) is 0.773. The van der Waals surface area contributed by atoms with E-state index in [2.05, 4.69) is 38.7 Å². The number of hydrogen-bond acceptors (Lipinski definition) is 4. The van der Waals surface area contributed by atoms with E-state index in [1.54, 1.807) is 17.8 Å². The number of aromatic nitrogens is 1. The fourth-order valence-electron chi connectivity index (χ4n) is 2.35. The van der Waals surface area contributed by atoms with Crippen molar-refractivity contribution in [2.24, 2.45) is 5.41 Å². The lowest BCUT2D eigenvalue weighted by Gasteiger charge is -2.29. The molecule has 4 heteroatoms. The first-order valence-electron chi connectivity index (χ1n) is 6.46. The molecular weight excluding hydrogens is 256 g/mol. The molecule has 0 unspecified atom stereocenters. The molecule has 3 nitrogen and oxygen atoms in total. The standard InChI is InChI=1S/C15H18N2OS/c1-9(2)19-14-10(8-16)5-11-12(17-14)6-15(3,4)7-13(11)18/h5,9H,6-7H2,1-4H3. The zero-order valence-electron chi connectivity index (χ0n) is 11.8. The minimum absolute atomic E-state index is 0.0367. The van der Waals surface area contributed by atoms with Crippen molar-refractivity contribution in [2.75, 3.05) is 0 Å². The Morgan fingerprint density at radius 2 is 2.11 bits per heavy atom. The number of pyridine rings is 1. The van der Waals surface area contributed by atoms with Gasteiger partial charge in [-0.2, -0.15) is 5.26 Å². The highest BCUT2D eigenvalue weighted by Gasteiger charge is 2.32. The molecule has 0 bridgehead atoms. The summed E-state index contributed by atoms with van der Waals surface area (Å²) in [6.07, 6.45) is 1.33. The number of fused-ring (bicyclic) bond motifs is 1. The van der Waals surface area contributed by atoms with Gasteiger partial charge in [-0.05, 0) is 17.9 Å². The topological polar surface area (TPSA) is 53.8 Å². The Morgan fingerprint density at radius 3 is 2.68 bits per heavy atom. The number of nitriles is 1. The maximum atomic E-state index is 12.1. The van der Waals surface area contributed by atoms with E-state index in [1.165, 1.54) is 0 Å². The maximum Gasteiger partial charge on any atom is 0.165 e. The molecular formula is C15H18N2OS. The SMILES string of the molecule is CC(C)Sc1nc2c(cc1C#N)C(=O)CC(C)(C)C2. The first-order valence-corrected chi connectivity index (χ1v) is 7.34. The van der Waals surface area contributed by atoms with E-state index in [0.717, 1.165) is 17.1 Å². The summed E-state index contributed by atoms with van der Waals surface area (Å²) in [7, 11) is 0. The van der Waals surface area contributed by atoms with Gasteiger partial charge in [0.2, 0.25) is 0 Å². The molecule has 0 saturated carbocycles. The van der Waals surface area contributed by atoms with Gasteiger partial charge in [-0.1, -0.05) is 27.7 Å². The highest BCUT2D eigenvalue weighted by molar-refractivity contribution is 7.99. The van der Waals surface area contributed by atoms with Gasteiger partial charge in [0, 0.05) is 17.2 Å². The van der Waals surface area contributed by atoms with Gasteiger partial charge in [0.15, 0.2) is 5.78 Å². The van der Waals surface area contributed by atoms with E-state index in [4.69, 9.17) is 0 Å². The molecule has 0 saturated heterocycles. The Labute approximate surface area is 118 Å². The lowest BCUT2D eigenvalue weighted by Crippen LogP contribution is -2.28. The van der Waals surface area contributed by atoms with Crippen LogP contribution in [-0.4, -0.2) is 16.0 Å². The van der Waals surface area contributed by atoms with Crippen LogP contribution in [0, 0.1) is 16.7 Å². The third-order valence-corrected chi connectivity index (χ3v) is 4.13. The highest BCUT2D eigenvalue weighted by Crippen LogP contribution is 2.36. The van der Waals surface area contributed by atoms with Crippen LogP contribution in [-0.2, 0) is 6.42 Å². The fourth-order valence-corrected chi connectivity index (χ4v) is 3.19. The van der Waals surface area contributed by atoms with Gasteiger partial charge >= 0.3 is 0 Å². The Hall–Kier alpha value is -1.34. The van der Waals surface area contributed by atoms with Gasteiger partial charge in [-0.3, -0.25) is 4.79 Å². The van der Waals surface area contributed by atoms with E-state index < -0.39 is 0 Å². The molecule has 1 aliphatic carbocycles. The number of rotatable bonds is 2. The molecule has 0 radical (unpaired) electrons. The second-order valence-corrected chi connectivity index (χ2v) is 7.62. The maximum absolute atomic E-state index is 12.1. The monoisotopic (exact) mass is 274 g/mol. The first kappa shape index (κ1) is 14.1. The van der Waals surface area contributed by atoms with E-state index in [-0.39, 0.29) is 11.2 Å². The van der Waals surface area contributed by atoms with Crippen LogP contribution in [0.4, 0.5) is 0 Å². The molecule has 0 fully saturated rings. The molecule has 0 atom stereocenters. The van der Waals surface area contributed by atoms with Crippen molar-refractivity contribution in [2.45, 2.75) is 50.8 Å². The minimum Gasteiger partial charge on any atom is -0.294 e. The summed E-state index contributed by atoms with van der Waals surface area (Å²) in [5, 5.41) is 10.3. The first-order chi connectivity index (χ1) is 8.82. The summed E-state index contributed by atoms with van der Waals surface area (Å²) in [5.74, 6) is 0.108.